The minimum atomic E-state index is -2.39. The zero-order valence-electron chi connectivity index (χ0n) is 12.1. The molecular weight excluding hydrogens is 323 g/mol. The van der Waals surface area contributed by atoms with Crippen molar-refractivity contribution < 1.29 is 8.85 Å². The fourth-order valence-electron chi connectivity index (χ4n) is 2.05. The molecule has 0 unspecified atom stereocenters. The average Bonchev–Trinajstić information content (AvgIpc) is 2.46. The zero-order chi connectivity index (χ0) is 15.3. The Morgan fingerprint density at radius 2 is 1.24 bits per heavy atom. The molecule has 0 aliphatic carbocycles. The summed E-state index contributed by atoms with van der Waals surface area (Å²) >= 11 is 12.0. The van der Waals surface area contributed by atoms with Crippen LogP contribution in [0.4, 0.5) is 0 Å². The minimum Gasteiger partial charge on any atom is -0.512 e. The fourth-order valence-corrected chi connectivity index (χ4v) is 4.64. The summed E-state index contributed by atoms with van der Waals surface area (Å²) in [4.78, 5) is 0. The van der Waals surface area contributed by atoms with Gasteiger partial charge >= 0.3 is 8.56 Å². The van der Waals surface area contributed by atoms with Gasteiger partial charge in [-0.3, -0.25) is 0 Å². The van der Waals surface area contributed by atoms with Crippen LogP contribution in [0, 0.1) is 0 Å². The van der Waals surface area contributed by atoms with E-state index in [1.807, 2.05) is 48.5 Å². The van der Waals surface area contributed by atoms with Crippen molar-refractivity contribution >= 4 is 31.8 Å². The van der Waals surface area contributed by atoms with Crippen LogP contribution in [-0.2, 0) is 0 Å². The monoisotopic (exact) mass is 340 g/mol. The van der Waals surface area contributed by atoms with Gasteiger partial charge in [0.1, 0.15) is 11.5 Å². The van der Waals surface area contributed by atoms with Gasteiger partial charge in [0.2, 0.25) is 0 Å². The predicted molar refractivity (Wildman–Crippen MR) is 90.9 cm³/mol. The van der Waals surface area contributed by atoms with Gasteiger partial charge in [0.15, 0.2) is 0 Å². The van der Waals surface area contributed by atoms with Gasteiger partial charge < -0.3 is 8.85 Å². The average molecular weight is 341 g/mol. The highest BCUT2D eigenvalue weighted by Crippen LogP contribution is 2.28. The number of benzene rings is 2. The number of hydrogen-bond acceptors (Lipinski definition) is 2. The van der Waals surface area contributed by atoms with Gasteiger partial charge in [-0.25, -0.2) is 0 Å². The lowest BCUT2D eigenvalue weighted by Crippen LogP contribution is -2.47. The number of hydrogen-bond donors (Lipinski definition) is 0. The minimum absolute atomic E-state index is 0.658. The van der Waals surface area contributed by atoms with Crippen LogP contribution in [0.25, 0.3) is 0 Å². The van der Waals surface area contributed by atoms with Gasteiger partial charge in [0.25, 0.3) is 0 Å². The molecule has 5 heteroatoms. The molecule has 0 radical (unpaired) electrons. The van der Waals surface area contributed by atoms with Gasteiger partial charge in [-0.15, -0.1) is 0 Å². The van der Waals surface area contributed by atoms with E-state index in [1.165, 1.54) is 0 Å². The van der Waals surface area contributed by atoms with Gasteiger partial charge in [-0.05, 0) is 36.4 Å². The van der Waals surface area contributed by atoms with E-state index in [2.05, 4.69) is 13.8 Å². The lowest BCUT2D eigenvalue weighted by molar-refractivity contribution is 0.381. The molecule has 0 aliphatic rings. The maximum atomic E-state index is 6.21. The smallest absolute Gasteiger partial charge is 0.459 e. The first-order valence-corrected chi connectivity index (χ1v) is 9.95. The van der Waals surface area contributed by atoms with Crippen molar-refractivity contribution in [1.29, 1.82) is 0 Å². The quantitative estimate of drug-likeness (QED) is 0.606. The molecule has 0 saturated carbocycles. The Kier molecular flexibility index (Phi) is 5.56. The zero-order valence-corrected chi connectivity index (χ0v) is 14.6. The third kappa shape index (κ3) is 4.40. The molecule has 2 aromatic carbocycles. The third-order valence-electron chi connectivity index (χ3n) is 3.28. The van der Waals surface area contributed by atoms with Crippen molar-refractivity contribution in [2.45, 2.75) is 25.9 Å². The van der Waals surface area contributed by atoms with Gasteiger partial charge in [-0.2, -0.15) is 0 Å². The first-order chi connectivity index (χ1) is 10.1. The lowest BCUT2D eigenvalue weighted by Gasteiger charge is -2.30. The van der Waals surface area contributed by atoms with Crippen LogP contribution in [0.2, 0.25) is 22.1 Å². The van der Waals surface area contributed by atoms with Crippen molar-refractivity contribution in [2.75, 3.05) is 0 Å². The topological polar surface area (TPSA) is 18.5 Å². The van der Waals surface area contributed by atoms with Crippen LogP contribution in [0.1, 0.15) is 13.8 Å². The van der Waals surface area contributed by atoms with Gasteiger partial charge in [0, 0.05) is 22.1 Å². The largest absolute Gasteiger partial charge is 0.512 e. The van der Waals surface area contributed by atoms with Crippen molar-refractivity contribution in [3.63, 3.8) is 0 Å². The molecule has 0 aromatic heterocycles. The van der Waals surface area contributed by atoms with Crippen LogP contribution in [0.3, 0.4) is 0 Å². The molecular formula is C16H18Cl2O2Si. The summed E-state index contributed by atoms with van der Waals surface area (Å²) in [6, 6.07) is 16.5. The van der Waals surface area contributed by atoms with E-state index in [4.69, 9.17) is 32.1 Å². The maximum absolute atomic E-state index is 6.21. The Morgan fingerprint density at radius 3 is 1.57 bits per heavy atom. The van der Waals surface area contributed by atoms with E-state index in [0.717, 1.165) is 23.6 Å². The molecule has 2 rings (SSSR count). The van der Waals surface area contributed by atoms with Crippen LogP contribution in [-0.4, -0.2) is 8.56 Å². The molecule has 0 heterocycles. The van der Waals surface area contributed by atoms with E-state index in [-0.39, 0.29) is 0 Å². The highest BCUT2D eigenvalue weighted by molar-refractivity contribution is 6.68. The first kappa shape index (κ1) is 16.2. The standard InChI is InChI=1S/C16H18Cl2O2Si/c1-3-21(4-2,19-15-9-5-7-13(17)11-15)20-16-10-6-8-14(18)12-16/h5-12H,3-4H2,1-2H3. The molecule has 0 fully saturated rings. The molecule has 2 aromatic rings. The summed E-state index contributed by atoms with van der Waals surface area (Å²) in [6.07, 6.45) is 0. The molecule has 0 aliphatic heterocycles. The summed E-state index contributed by atoms with van der Waals surface area (Å²) in [7, 11) is -2.39. The molecule has 0 spiro atoms. The van der Waals surface area contributed by atoms with Gasteiger partial charge in [-0.1, -0.05) is 49.2 Å². The van der Waals surface area contributed by atoms with Crippen LogP contribution in [0.15, 0.2) is 48.5 Å². The van der Waals surface area contributed by atoms with Crippen LogP contribution in [0.5, 0.6) is 11.5 Å². The van der Waals surface area contributed by atoms with Crippen molar-refractivity contribution in [3.8, 4) is 11.5 Å². The van der Waals surface area contributed by atoms with E-state index in [9.17, 15) is 0 Å². The van der Waals surface area contributed by atoms with Gasteiger partial charge in [0.05, 0.1) is 0 Å². The second-order valence-corrected chi connectivity index (χ2v) is 9.25. The summed E-state index contributed by atoms with van der Waals surface area (Å²) < 4.78 is 12.4. The normalized spacial score (nSPS) is 11.2. The SMILES string of the molecule is CC[Si](CC)(Oc1cccc(Cl)c1)Oc1cccc(Cl)c1. The predicted octanol–water partition coefficient (Wildman–Crippen LogP) is 5.93. The molecule has 0 atom stereocenters. The summed E-state index contributed by atoms with van der Waals surface area (Å²) in [5.41, 5.74) is 0. The van der Waals surface area contributed by atoms with Crippen molar-refractivity contribution in [3.05, 3.63) is 58.6 Å². The lowest BCUT2D eigenvalue weighted by atomic mass is 10.3. The molecule has 0 amide bonds. The van der Waals surface area contributed by atoms with Crippen molar-refractivity contribution in [1.82, 2.24) is 0 Å². The molecule has 112 valence electrons. The number of halogens is 2. The second kappa shape index (κ2) is 7.21. The Labute approximate surface area is 136 Å². The van der Waals surface area contributed by atoms with E-state index in [1.54, 1.807) is 0 Å². The van der Waals surface area contributed by atoms with Crippen molar-refractivity contribution in [2.24, 2.45) is 0 Å². The Morgan fingerprint density at radius 1 is 0.810 bits per heavy atom. The van der Waals surface area contributed by atoms with E-state index >= 15 is 0 Å². The summed E-state index contributed by atoms with van der Waals surface area (Å²) in [6.45, 7) is 4.18. The van der Waals surface area contributed by atoms with E-state index < -0.39 is 8.56 Å². The summed E-state index contributed by atoms with van der Waals surface area (Å²) in [5.74, 6) is 1.50. The Bertz CT molecular complexity index is 551. The first-order valence-electron chi connectivity index (χ1n) is 6.96. The molecule has 0 bridgehead atoms. The number of rotatable bonds is 6. The molecule has 0 N–H and O–H groups in total. The second-order valence-electron chi connectivity index (χ2n) is 4.74. The fraction of sp³-hybridized carbons (Fsp3) is 0.250. The van der Waals surface area contributed by atoms with E-state index in [0.29, 0.717) is 10.0 Å². The molecule has 21 heavy (non-hydrogen) atoms. The Balaban J connectivity index is 2.23. The third-order valence-corrected chi connectivity index (χ3v) is 7.12. The maximum Gasteiger partial charge on any atom is 0.459 e. The molecule has 2 nitrogen and oxygen atoms in total. The molecule has 0 saturated heterocycles. The summed E-state index contributed by atoms with van der Waals surface area (Å²) in [5, 5.41) is 1.32. The highest BCUT2D eigenvalue weighted by Gasteiger charge is 2.38. The Hall–Kier alpha value is -1.16. The van der Waals surface area contributed by atoms with Crippen LogP contribution < -0.4 is 8.85 Å². The van der Waals surface area contributed by atoms with Crippen LogP contribution >= 0.6 is 23.2 Å². The highest BCUT2D eigenvalue weighted by atomic mass is 35.5.